The molecule has 2 aliphatic rings. The number of halogens is 3. The fourth-order valence-corrected chi connectivity index (χ4v) is 4.39. The average molecular weight is 399 g/mol. The molecule has 1 saturated carbocycles. The van der Waals surface area contributed by atoms with Crippen LogP contribution in [0.1, 0.15) is 38.8 Å². The Balaban J connectivity index is 1.61. The van der Waals surface area contributed by atoms with E-state index in [2.05, 4.69) is 34.7 Å². The number of anilines is 1. The Labute approximate surface area is 163 Å². The summed E-state index contributed by atoms with van der Waals surface area (Å²) in [5.41, 5.74) is -0.982. The maximum atomic E-state index is 12.7. The molecule has 4 atom stereocenters. The molecule has 1 aliphatic heterocycles. The summed E-state index contributed by atoms with van der Waals surface area (Å²) in [6.07, 6.45) is -1.78. The molecule has 0 bridgehead atoms. The molecule has 0 radical (unpaired) electrons. The van der Waals surface area contributed by atoms with Gasteiger partial charge in [0.05, 0.1) is 6.04 Å². The van der Waals surface area contributed by atoms with Crippen LogP contribution in [0.25, 0.3) is 0 Å². The van der Waals surface area contributed by atoms with Crippen LogP contribution in [0, 0.1) is 17.8 Å². The minimum Gasteiger partial charge on any atom is -0.354 e. The molecule has 2 heterocycles. The van der Waals surface area contributed by atoms with Gasteiger partial charge < -0.3 is 15.5 Å². The number of amides is 1. The molecule has 156 valence electrons. The van der Waals surface area contributed by atoms with Crippen LogP contribution in [0.2, 0.25) is 0 Å². The third-order valence-corrected chi connectivity index (χ3v) is 5.82. The van der Waals surface area contributed by atoms with Crippen LogP contribution in [0.4, 0.5) is 19.0 Å². The first-order chi connectivity index (χ1) is 13.2. The molecule has 1 saturated heterocycles. The first-order valence-electron chi connectivity index (χ1n) is 9.82. The normalized spacial score (nSPS) is 25.8. The van der Waals surface area contributed by atoms with E-state index in [0.717, 1.165) is 31.9 Å². The van der Waals surface area contributed by atoms with Crippen LogP contribution in [-0.2, 0) is 11.0 Å². The number of rotatable bonds is 6. The summed E-state index contributed by atoms with van der Waals surface area (Å²) in [4.78, 5) is 14.6. The highest BCUT2D eigenvalue weighted by Gasteiger charge is 2.44. The highest BCUT2D eigenvalue weighted by atomic mass is 19.4. The number of likely N-dealkylation sites (N-methyl/N-ethyl adjacent to an activating group) is 1. The van der Waals surface area contributed by atoms with E-state index in [0.29, 0.717) is 24.2 Å². The molecule has 0 spiro atoms. The van der Waals surface area contributed by atoms with E-state index in [1.807, 2.05) is 4.90 Å². The van der Waals surface area contributed by atoms with Crippen LogP contribution in [0.5, 0.6) is 0 Å². The van der Waals surface area contributed by atoms with Gasteiger partial charge in [-0.3, -0.25) is 4.79 Å². The highest BCUT2D eigenvalue weighted by molar-refractivity contribution is 5.82. The van der Waals surface area contributed by atoms with Crippen molar-refractivity contribution in [1.29, 1.82) is 0 Å². The fourth-order valence-electron chi connectivity index (χ4n) is 4.39. The molecule has 1 amide bonds. The van der Waals surface area contributed by atoms with Gasteiger partial charge in [-0.05, 0) is 50.3 Å². The monoisotopic (exact) mass is 399 g/mol. The summed E-state index contributed by atoms with van der Waals surface area (Å²) in [6, 6.07) is 2.23. The SMILES string of the molecule is CN[C@@H](CC(C)C)C(=O)N[C@H]1CC[C@@H]2CN(c3ccc(C(F)(F)F)nn3)C[C@@H]21. The van der Waals surface area contributed by atoms with Crippen LogP contribution in [0.3, 0.4) is 0 Å². The molecule has 3 rings (SSSR count). The summed E-state index contributed by atoms with van der Waals surface area (Å²) in [5.74, 6) is 1.59. The summed E-state index contributed by atoms with van der Waals surface area (Å²) >= 11 is 0. The van der Waals surface area contributed by atoms with Gasteiger partial charge in [0.15, 0.2) is 11.5 Å². The van der Waals surface area contributed by atoms with E-state index in [-0.39, 0.29) is 23.9 Å². The van der Waals surface area contributed by atoms with Gasteiger partial charge in [-0.15, -0.1) is 10.2 Å². The average Bonchev–Trinajstić information content (AvgIpc) is 3.21. The van der Waals surface area contributed by atoms with E-state index < -0.39 is 11.9 Å². The molecule has 2 N–H and O–H groups in total. The van der Waals surface area contributed by atoms with Crippen molar-refractivity contribution in [2.45, 2.75) is 51.4 Å². The Hall–Kier alpha value is -1.90. The van der Waals surface area contributed by atoms with Gasteiger partial charge in [0.1, 0.15) is 0 Å². The van der Waals surface area contributed by atoms with Crippen LogP contribution >= 0.6 is 0 Å². The second-order valence-corrected chi connectivity index (χ2v) is 8.27. The van der Waals surface area contributed by atoms with E-state index in [1.54, 1.807) is 7.05 Å². The van der Waals surface area contributed by atoms with Gasteiger partial charge >= 0.3 is 6.18 Å². The van der Waals surface area contributed by atoms with Crippen molar-refractivity contribution in [2.24, 2.45) is 17.8 Å². The lowest BCUT2D eigenvalue weighted by molar-refractivity contribution is -0.141. The number of hydrogen-bond acceptors (Lipinski definition) is 5. The molecule has 1 aliphatic carbocycles. The predicted molar refractivity (Wildman–Crippen MR) is 99.7 cm³/mol. The summed E-state index contributed by atoms with van der Waals surface area (Å²) in [5, 5.41) is 13.4. The fraction of sp³-hybridized carbons (Fsp3) is 0.737. The number of carbonyl (C=O) groups excluding carboxylic acids is 1. The number of hydrogen-bond donors (Lipinski definition) is 2. The smallest absolute Gasteiger partial charge is 0.354 e. The number of aromatic nitrogens is 2. The van der Waals surface area contributed by atoms with E-state index in [4.69, 9.17) is 0 Å². The molecule has 2 fully saturated rings. The number of nitrogens with one attached hydrogen (secondary N) is 2. The van der Waals surface area contributed by atoms with Crippen molar-refractivity contribution < 1.29 is 18.0 Å². The lowest BCUT2D eigenvalue weighted by Gasteiger charge is -2.25. The minimum atomic E-state index is -4.48. The van der Waals surface area contributed by atoms with Crippen molar-refractivity contribution in [2.75, 3.05) is 25.0 Å². The molecule has 1 aromatic heterocycles. The number of nitrogens with zero attached hydrogens (tertiary/aromatic N) is 3. The summed E-state index contributed by atoms with van der Waals surface area (Å²) < 4.78 is 38.0. The van der Waals surface area contributed by atoms with Crippen molar-refractivity contribution in [3.05, 3.63) is 17.8 Å². The molecule has 1 aromatic rings. The molecule has 9 heteroatoms. The second-order valence-electron chi connectivity index (χ2n) is 8.27. The number of carbonyl (C=O) groups is 1. The summed E-state index contributed by atoms with van der Waals surface area (Å²) in [7, 11) is 1.80. The van der Waals surface area contributed by atoms with E-state index in [1.165, 1.54) is 6.07 Å². The van der Waals surface area contributed by atoms with Crippen molar-refractivity contribution in [3.8, 4) is 0 Å². The zero-order valence-electron chi connectivity index (χ0n) is 16.5. The van der Waals surface area contributed by atoms with E-state index >= 15 is 0 Å². The maximum absolute atomic E-state index is 12.7. The van der Waals surface area contributed by atoms with Gasteiger partial charge in [0.2, 0.25) is 5.91 Å². The number of alkyl halides is 3. The maximum Gasteiger partial charge on any atom is 0.435 e. The number of fused-ring (bicyclic) bond motifs is 1. The van der Waals surface area contributed by atoms with Gasteiger partial charge in [0, 0.05) is 25.0 Å². The Kier molecular flexibility index (Phi) is 6.12. The van der Waals surface area contributed by atoms with Crippen molar-refractivity contribution >= 4 is 11.7 Å². The molecular weight excluding hydrogens is 371 g/mol. The van der Waals surface area contributed by atoms with Crippen LogP contribution < -0.4 is 15.5 Å². The Bertz CT molecular complexity index is 679. The minimum absolute atomic E-state index is 0.0228. The Morgan fingerprint density at radius 2 is 2.00 bits per heavy atom. The lowest BCUT2D eigenvalue weighted by Crippen LogP contribution is -2.49. The zero-order chi connectivity index (χ0) is 20.5. The largest absolute Gasteiger partial charge is 0.435 e. The van der Waals surface area contributed by atoms with E-state index in [9.17, 15) is 18.0 Å². The standard InChI is InChI=1S/C19H28F3N5O/c1-11(2)8-15(23-3)18(28)24-14-5-4-12-9-27(10-13(12)14)17-7-6-16(25-26-17)19(20,21)22/h6-7,11-15,23H,4-5,8-10H2,1-3H3,(H,24,28)/t12-,13+,14+,15+/m1/s1. The van der Waals surface area contributed by atoms with Crippen LogP contribution in [-0.4, -0.2) is 48.3 Å². The molecule has 0 unspecified atom stereocenters. The van der Waals surface area contributed by atoms with Crippen molar-refractivity contribution in [1.82, 2.24) is 20.8 Å². The molecular formula is C19H28F3N5O. The van der Waals surface area contributed by atoms with Gasteiger partial charge in [-0.2, -0.15) is 13.2 Å². The van der Waals surface area contributed by atoms with Gasteiger partial charge in [-0.25, -0.2) is 0 Å². The van der Waals surface area contributed by atoms with Crippen molar-refractivity contribution in [3.63, 3.8) is 0 Å². The highest BCUT2D eigenvalue weighted by Crippen LogP contribution is 2.39. The predicted octanol–water partition coefficient (Wildman–Crippen LogP) is 2.46. The quantitative estimate of drug-likeness (QED) is 0.769. The molecule has 6 nitrogen and oxygen atoms in total. The Morgan fingerprint density at radius 3 is 2.57 bits per heavy atom. The van der Waals surface area contributed by atoms with Gasteiger partial charge in [0.25, 0.3) is 0 Å². The van der Waals surface area contributed by atoms with Gasteiger partial charge in [-0.1, -0.05) is 13.8 Å². The zero-order valence-corrected chi connectivity index (χ0v) is 16.5. The second kappa shape index (κ2) is 8.23. The Morgan fingerprint density at radius 1 is 1.25 bits per heavy atom. The topological polar surface area (TPSA) is 70.2 Å². The first-order valence-corrected chi connectivity index (χ1v) is 9.82. The molecule has 0 aromatic carbocycles. The third kappa shape index (κ3) is 4.56. The summed E-state index contributed by atoms with van der Waals surface area (Å²) in [6.45, 7) is 5.58. The molecule has 28 heavy (non-hydrogen) atoms. The first kappa shape index (κ1) is 20.8. The third-order valence-electron chi connectivity index (χ3n) is 5.82. The van der Waals surface area contributed by atoms with Crippen LogP contribution in [0.15, 0.2) is 12.1 Å². The lowest BCUT2D eigenvalue weighted by atomic mass is 9.97.